The predicted octanol–water partition coefficient (Wildman–Crippen LogP) is 3.30. The van der Waals surface area contributed by atoms with Crippen molar-refractivity contribution in [1.29, 1.82) is 0 Å². The van der Waals surface area contributed by atoms with Gasteiger partial charge in [0.15, 0.2) is 17.3 Å². The number of anilines is 1. The van der Waals surface area contributed by atoms with Crippen LogP contribution in [-0.4, -0.2) is 35.9 Å². The number of amides is 1. The Balaban J connectivity index is 1.72. The summed E-state index contributed by atoms with van der Waals surface area (Å²) in [4.78, 5) is 32.9. The van der Waals surface area contributed by atoms with Crippen molar-refractivity contribution < 1.29 is 19.1 Å². The molecule has 28 heavy (non-hydrogen) atoms. The smallest absolute Gasteiger partial charge is 0.250 e. The van der Waals surface area contributed by atoms with E-state index in [9.17, 15) is 9.59 Å². The Morgan fingerprint density at radius 3 is 2.64 bits per heavy atom. The average molecular weight is 381 g/mol. The number of methoxy groups -OCH3 is 2. The molecule has 0 fully saturated rings. The minimum absolute atomic E-state index is 0.0393. The first-order chi connectivity index (χ1) is 13.3. The Hall–Kier alpha value is -3.22. The number of fused-ring (bicyclic) bond motifs is 1. The van der Waals surface area contributed by atoms with Gasteiger partial charge >= 0.3 is 0 Å². The molecular formula is C21H23N3O4. The fourth-order valence-corrected chi connectivity index (χ4v) is 3.17. The highest BCUT2D eigenvalue weighted by Crippen LogP contribution is 2.33. The topological polar surface area (TPSA) is 90.4 Å². The van der Waals surface area contributed by atoms with Gasteiger partial charge in [-0.1, -0.05) is 19.9 Å². The van der Waals surface area contributed by atoms with Crippen LogP contribution >= 0.6 is 0 Å². The molecule has 0 unspecified atom stereocenters. The van der Waals surface area contributed by atoms with Crippen LogP contribution in [0.25, 0.3) is 6.08 Å². The minimum atomic E-state index is -0.365. The molecule has 1 aromatic carbocycles. The maximum absolute atomic E-state index is 12.2. The third kappa shape index (κ3) is 4.36. The largest absolute Gasteiger partial charge is 0.493 e. The van der Waals surface area contributed by atoms with Crippen LogP contribution in [0.2, 0.25) is 0 Å². The lowest BCUT2D eigenvalue weighted by Crippen LogP contribution is -2.28. The zero-order chi connectivity index (χ0) is 20.3. The molecule has 1 aliphatic rings. The van der Waals surface area contributed by atoms with E-state index in [0.717, 1.165) is 5.56 Å². The summed E-state index contributed by atoms with van der Waals surface area (Å²) in [7, 11) is 3.12. The van der Waals surface area contributed by atoms with Crippen molar-refractivity contribution in [2.75, 3.05) is 19.5 Å². The number of carbonyl (C=O) groups excluding carboxylic acids is 2. The molecule has 7 nitrogen and oxygen atoms in total. The van der Waals surface area contributed by atoms with Gasteiger partial charge in [0, 0.05) is 18.7 Å². The molecule has 0 spiro atoms. The molecule has 1 aromatic heterocycles. The van der Waals surface area contributed by atoms with Crippen LogP contribution in [-0.2, 0) is 11.2 Å². The lowest BCUT2D eigenvalue weighted by atomic mass is 9.76. The molecule has 0 bridgehead atoms. The Labute approximate surface area is 163 Å². The highest BCUT2D eigenvalue weighted by atomic mass is 16.5. The zero-order valence-corrected chi connectivity index (χ0v) is 16.4. The summed E-state index contributed by atoms with van der Waals surface area (Å²) in [6.45, 7) is 4.06. The fourth-order valence-electron chi connectivity index (χ4n) is 3.17. The molecule has 0 atom stereocenters. The van der Waals surface area contributed by atoms with E-state index in [4.69, 9.17) is 9.47 Å². The van der Waals surface area contributed by atoms with Crippen molar-refractivity contribution in [2.45, 2.75) is 26.7 Å². The summed E-state index contributed by atoms with van der Waals surface area (Å²) < 4.78 is 10.4. The second kappa shape index (κ2) is 7.80. The molecule has 1 heterocycles. The average Bonchev–Trinajstić information content (AvgIpc) is 2.64. The van der Waals surface area contributed by atoms with E-state index in [0.29, 0.717) is 35.6 Å². The number of carbonyl (C=O) groups is 2. The Morgan fingerprint density at radius 2 is 1.93 bits per heavy atom. The van der Waals surface area contributed by atoms with Gasteiger partial charge < -0.3 is 9.47 Å². The molecule has 0 saturated carbocycles. The number of nitrogens with zero attached hydrogens (tertiary/aromatic N) is 2. The van der Waals surface area contributed by atoms with Crippen LogP contribution < -0.4 is 14.8 Å². The Kier molecular flexibility index (Phi) is 5.44. The first-order valence-electron chi connectivity index (χ1n) is 8.91. The van der Waals surface area contributed by atoms with Crippen LogP contribution in [0, 0.1) is 5.41 Å². The third-order valence-electron chi connectivity index (χ3n) is 4.52. The Bertz CT molecular complexity index is 951. The van der Waals surface area contributed by atoms with Gasteiger partial charge in [-0.05, 0) is 35.6 Å². The van der Waals surface area contributed by atoms with E-state index >= 15 is 0 Å². The normalized spacial score (nSPS) is 15.2. The van der Waals surface area contributed by atoms with Gasteiger partial charge in [-0.3, -0.25) is 14.9 Å². The number of hydrogen-bond donors (Lipinski definition) is 1. The van der Waals surface area contributed by atoms with Crippen LogP contribution in [0.5, 0.6) is 11.5 Å². The van der Waals surface area contributed by atoms with Crippen molar-refractivity contribution in [2.24, 2.45) is 5.41 Å². The molecule has 7 heteroatoms. The van der Waals surface area contributed by atoms with Crippen LogP contribution in [0.1, 0.15) is 41.9 Å². The first-order valence-corrected chi connectivity index (χ1v) is 8.91. The minimum Gasteiger partial charge on any atom is -0.493 e. The SMILES string of the molecule is COc1ccc(C=CC(=O)Nc2ncc3c(n2)CC(C)(C)CC3=O)cc1OC. The van der Waals surface area contributed by atoms with Gasteiger partial charge in [-0.2, -0.15) is 0 Å². The third-order valence-corrected chi connectivity index (χ3v) is 4.52. The summed E-state index contributed by atoms with van der Waals surface area (Å²) in [6.07, 6.45) is 5.68. The number of nitrogens with one attached hydrogen (secondary N) is 1. The number of Topliss-reactive ketones (excluding diaryl/α,β-unsaturated/α-hetero) is 1. The molecule has 1 aliphatic carbocycles. The number of hydrogen-bond acceptors (Lipinski definition) is 6. The first kappa shape index (κ1) is 19.5. The van der Waals surface area contributed by atoms with Gasteiger partial charge in [0.1, 0.15) is 0 Å². The summed E-state index contributed by atoms with van der Waals surface area (Å²) >= 11 is 0. The zero-order valence-electron chi connectivity index (χ0n) is 16.4. The van der Waals surface area contributed by atoms with Crippen LogP contribution in [0.4, 0.5) is 5.95 Å². The van der Waals surface area contributed by atoms with Crippen LogP contribution in [0.15, 0.2) is 30.5 Å². The van der Waals surface area contributed by atoms with Crippen molar-refractivity contribution in [3.8, 4) is 11.5 Å². The maximum Gasteiger partial charge on any atom is 0.250 e. The van der Waals surface area contributed by atoms with Gasteiger partial charge in [0.2, 0.25) is 5.95 Å². The van der Waals surface area contributed by atoms with Crippen LogP contribution in [0.3, 0.4) is 0 Å². The van der Waals surface area contributed by atoms with E-state index in [-0.39, 0.29) is 23.1 Å². The number of ketones is 1. The highest BCUT2D eigenvalue weighted by molar-refractivity contribution is 6.01. The fraction of sp³-hybridized carbons (Fsp3) is 0.333. The Morgan fingerprint density at radius 1 is 1.18 bits per heavy atom. The molecule has 0 aliphatic heterocycles. The number of ether oxygens (including phenoxy) is 2. The maximum atomic E-state index is 12.2. The standard InChI is InChI=1S/C21H23N3O4/c1-21(2)10-15-14(16(25)11-21)12-22-20(23-15)24-19(26)8-6-13-5-7-17(27-3)18(9-13)28-4/h5-9,12H,10-11H2,1-4H3,(H,22,23,24,26). The van der Waals surface area contributed by atoms with Crippen molar-refractivity contribution in [1.82, 2.24) is 9.97 Å². The van der Waals surface area contributed by atoms with Gasteiger partial charge in [-0.15, -0.1) is 0 Å². The van der Waals surface area contributed by atoms with E-state index in [1.54, 1.807) is 32.4 Å². The van der Waals surface area contributed by atoms with Crippen molar-refractivity contribution in [3.63, 3.8) is 0 Å². The molecule has 146 valence electrons. The molecular weight excluding hydrogens is 358 g/mol. The molecule has 2 aromatic rings. The summed E-state index contributed by atoms with van der Waals surface area (Å²) in [6, 6.07) is 5.35. The van der Waals surface area contributed by atoms with E-state index in [1.807, 2.05) is 19.9 Å². The molecule has 3 rings (SSSR count). The lowest BCUT2D eigenvalue weighted by Gasteiger charge is -2.29. The van der Waals surface area contributed by atoms with Gasteiger partial charge in [0.05, 0.1) is 25.5 Å². The summed E-state index contributed by atoms with van der Waals surface area (Å²) in [5.41, 5.74) is 1.85. The quantitative estimate of drug-likeness (QED) is 0.799. The monoisotopic (exact) mass is 381 g/mol. The highest BCUT2D eigenvalue weighted by Gasteiger charge is 2.32. The van der Waals surface area contributed by atoms with E-state index in [2.05, 4.69) is 15.3 Å². The number of rotatable bonds is 5. The lowest BCUT2D eigenvalue weighted by molar-refractivity contribution is -0.111. The van der Waals surface area contributed by atoms with Crippen molar-refractivity contribution >= 4 is 23.7 Å². The van der Waals surface area contributed by atoms with Crippen molar-refractivity contribution in [3.05, 3.63) is 47.3 Å². The molecule has 0 saturated heterocycles. The van der Waals surface area contributed by atoms with E-state index < -0.39 is 0 Å². The molecule has 0 radical (unpaired) electrons. The van der Waals surface area contributed by atoms with Gasteiger partial charge in [0.25, 0.3) is 5.91 Å². The molecule has 1 amide bonds. The summed E-state index contributed by atoms with van der Waals surface area (Å²) in [5.74, 6) is 1.05. The molecule has 1 N–H and O–H groups in total. The summed E-state index contributed by atoms with van der Waals surface area (Å²) in [5, 5.41) is 2.64. The number of aromatic nitrogens is 2. The number of benzene rings is 1. The second-order valence-electron chi connectivity index (χ2n) is 7.43. The predicted molar refractivity (Wildman–Crippen MR) is 106 cm³/mol. The second-order valence-corrected chi connectivity index (χ2v) is 7.43. The van der Waals surface area contributed by atoms with E-state index in [1.165, 1.54) is 12.3 Å². The van der Waals surface area contributed by atoms with Gasteiger partial charge in [-0.25, -0.2) is 9.97 Å².